The van der Waals surface area contributed by atoms with E-state index in [4.69, 9.17) is 13.6 Å². The zero-order valence-electron chi connectivity index (χ0n) is 14.5. The second kappa shape index (κ2) is 9.50. The van der Waals surface area contributed by atoms with E-state index in [1.54, 1.807) is 13.4 Å². The van der Waals surface area contributed by atoms with Gasteiger partial charge < -0.3 is 13.6 Å². The first-order valence-electron chi connectivity index (χ1n) is 8.11. The lowest BCUT2D eigenvalue weighted by atomic mass is 10.9. The fraction of sp³-hybridized carbons (Fsp3) is 0.867. The van der Waals surface area contributed by atoms with Gasteiger partial charge in [0, 0.05) is 0 Å². The van der Waals surface area contributed by atoms with Crippen LogP contribution in [0, 0.1) is 0 Å². The van der Waals surface area contributed by atoms with Gasteiger partial charge in [0.25, 0.3) is 14.3 Å². The van der Waals surface area contributed by atoms with Crippen LogP contribution < -0.4 is 0 Å². The van der Waals surface area contributed by atoms with Gasteiger partial charge in [0.1, 0.15) is 6.26 Å². The van der Waals surface area contributed by atoms with Crippen molar-refractivity contribution in [1.29, 1.82) is 0 Å². The Balaban J connectivity index is 4.95. The highest BCUT2D eigenvalue weighted by Crippen LogP contribution is 2.27. The summed E-state index contributed by atoms with van der Waals surface area (Å²) >= 11 is 0. The normalized spacial score (nSPS) is 13.2. The molecule has 0 amide bonds. The van der Waals surface area contributed by atoms with Gasteiger partial charge in [0.2, 0.25) is 8.32 Å². The molecule has 0 saturated carbocycles. The highest BCUT2D eigenvalue weighted by molar-refractivity contribution is 6.74. The molecule has 0 bridgehead atoms. The summed E-state index contributed by atoms with van der Waals surface area (Å²) in [4.78, 5) is 0. The Morgan fingerprint density at radius 1 is 0.750 bits per heavy atom. The molecule has 0 saturated heterocycles. The first-order chi connectivity index (χ1) is 9.50. The van der Waals surface area contributed by atoms with Crippen molar-refractivity contribution in [3.63, 3.8) is 0 Å². The summed E-state index contributed by atoms with van der Waals surface area (Å²) in [6.45, 7) is 13.3. The summed E-state index contributed by atoms with van der Waals surface area (Å²) in [5.41, 5.74) is 0. The van der Waals surface area contributed by atoms with Crippen molar-refractivity contribution in [2.24, 2.45) is 0 Å². The Kier molecular flexibility index (Phi) is 9.30. The largest absolute Gasteiger partial charge is 0.544 e. The molecule has 0 unspecified atom stereocenters. The van der Waals surface area contributed by atoms with Gasteiger partial charge in [-0.25, -0.2) is 0 Å². The topological polar surface area (TPSA) is 27.7 Å². The van der Waals surface area contributed by atoms with Gasteiger partial charge in [-0.2, -0.15) is 0 Å². The molecule has 0 atom stereocenters. The molecule has 0 heterocycles. The molecule has 0 radical (unpaired) electrons. The van der Waals surface area contributed by atoms with Gasteiger partial charge in [-0.3, -0.25) is 0 Å². The third kappa shape index (κ3) is 5.16. The van der Waals surface area contributed by atoms with Crippen molar-refractivity contribution in [2.75, 3.05) is 7.11 Å². The van der Waals surface area contributed by atoms with Gasteiger partial charge in [-0.1, -0.05) is 41.5 Å². The van der Waals surface area contributed by atoms with Gasteiger partial charge in [0.05, 0.1) is 7.11 Å². The van der Waals surface area contributed by atoms with Crippen molar-refractivity contribution in [3.8, 4) is 0 Å². The van der Waals surface area contributed by atoms with E-state index in [0.717, 1.165) is 36.3 Å². The Bertz CT molecular complexity index is 268. The molecule has 0 rings (SSSR count). The molecule has 0 aliphatic rings. The average Bonchev–Trinajstić information content (AvgIpc) is 2.52. The predicted molar refractivity (Wildman–Crippen MR) is 91.7 cm³/mol. The van der Waals surface area contributed by atoms with Crippen LogP contribution in [0.1, 0.15) is 41.5 Å². The molecule has 0 aliphatic heterocycles. The predicted octanol–water partition coefficient (Wildman–Crippen LogP) is 5.48. The minimum Gasteiger partial charge on any atom is -0.544 e. The molecule has 0 N–H and O–H groups in total. The molecule has 120 valence electrons. The van der Waals surface area contributed by atoms with Crippen LogP contribution in [0.15, 0.2) is 12.2 Å². The van der Waals surface area contributed by atoms with Crippen LogP contribution in [0.4, 0.5) is 0 Å². The Morgan fingerprint density at radius 2 is 1.15 bits per heavy atom. The minimum absolute atomic E-state index is 0.578. The minimum atomic E-state index is -1.69. The first-order valence-corrected chi connectivity index (χ1v) is 13.2. The SMILES string of the molecule is CC[Si](CC)(CC)O/C=C(/OC)O[Si](CC)(CC)CC. The smallest absolute Gasteiger partial charge is 0.299 e. The fourth-order valence-electron chi connectivity index (χ4n) is 2.47. The molecule has 3 nitrogen and oxygen atoms in total. The van der Waals surface area contributed by atoms with Crippen LogP contribution in [0.2, 0.25) is 36.3 Å². The summed E-state index contributed by atoms with van der Waals surface area (Å²) in [5.74, 6) is 0.578. The Morgan fingerprint density at radius 3 is 1.45 bits per heavy atom. The average molecular weight is 319 g/mol. The third-order valence-electron chi connectivity index (χ3n) is 4.79. The van der Waals surface area contributed by atoms with Gasteiger partial charge >= 0.3 is 0 Å². The first kappa shape index (κ1) is 19.6. The van der Waals surface area contributed by atoms with E-state index in [1.807, 2.05) is 0 Å². The second-order valence-electron chi connectivity index (χ2n) is 5.35. The van der Waals surface area contributed by atoms with Crippen molar-refractivity contribution in [3.05, 3.63) is 12.2 Å². The van der Waals surface area contributed by atoms with Crippen LogP contribution in [-0.4, -0.2) is 23.7 Å². The van der Waals surface area contributed by atoms with Crippen LogP contribution >= 0.6 is 0 Å². The molecular weight excluding hydrogens is 284 g/mol. The number of rotatable bonds is 11. The molecule has 0 aliphatic carbocycles. The monoisotopic (exact) mass is 318 g/mol. The molecule has 5 heteroatoms. The van der Waals surface area contributed by atoms with E-state index in [2.05, 4.69) is 41.5 Å². The van der Waals surface area contributed by atoms with E-state index in [9.17, 15) is 0 Å². The van der Waals surface area contributed by atoms with Crippen molar-refractivity contribution in [2.45, 2.75) is 77.8 Å². The highest BCUT2D eigenvalue weighted by atomic mass is 28.4. The zero-order chi connectivity index (χ0) is 15.6. The molecule has 0 fully saturated rings. The third-order valence-corrected chi connectivity index (χ3v) is 13.8. The summed E-state index contributed by atoms with van der Waals surface area (Å²) in [7, 11) is -1.64. The summed E-state index contributed by atoms with van der Waals surface area (Å²) in [6, 6.07) is 6.72. The number of hydrogen-bond acceptors (Lipinski definition) is 3. The highest BCUT2D eigenvalue weighted by Gasteiger charge is 2.33. The molecule has 0 aromatic rings. The molecular formula is C15H34O3Si2. The van der Waals surface area contributed by atoms with Crippen molar-refractivity contribution >= 4 is 16.6 Å². The van der Waals surface area contributed by atoms with E-state index in [-0.39, 0.29) is 0 Å². The van der Waals surface area contributed by atoms with Crippen molar-refractivity contribution < 1.29 is 13.6 Å². The Hall–Kier alpha value is -0.426. The van der Waals surface area contributed by atoms with Crippen LogP contribution in [-0.2, 0) is 13.6 Å². The Labute approximate surface area is 128 Å². The van der Waals surface area contributed by atoms with Crippen LogP contribution in [0.25, 0.3) is 0 Å². The molecule has 0 spiro atoms. The van der Waals surface area contributed by atoms with Gasteiger partial charge in [-0.05, 0) is 36.3 Å². The number of ether oxygens (including phenoxy) is 1. The lowest BCUT2D eigenvalue weighted by Crippen LogP contribution is -2.37. The van der Waals surface area contributed by atoms with E-state index < -0.39 is 16.6 Å². The maximum atomic E-state index is 6.24. The summed E-state index contributed by atoms with van der Waals surface area (Å²) < 4.78 is 17.8. The molecule has 0 aromatic carbocycles. The van der Waals surface area contributed by atoms with Crippen LogP contribution in [0.3, 0.4) is 0 Å². The van der Waals surface area contributed by atoms with E-state index in [0.29, 0.717) is 5.95 Å². The standard InChI is InChI=1S/C15H34O3Si2/c1-8-19(9-2,10-3)17-14-15(16-7)18-20(11-4,12-5)13-6/h14H,8-13H2,1-7H3/b15-14-. The fourth-order valence-corrected chi connectivity index (χ4v) is 7.30. The van der Waals surface area contributed by atoms with Gasteiger partial charge in [0.15, 0.2) is 0 Å². The molecule has 0 aromatic heterocycles. The number of hydrogen-bond donors (Lipinski definition) is 0. The van der Waals surface area contributed by atoms with Crippen molar-refractivity contribution in [1.82, 2.24) is 0 Å². The maximum absolute atomic E-state index is 6.24. The number of methoxy groups -OCH3 is 1. The second-order valence-corrected chi connectivity index (χ2v) is 14.8. The summed E-state index contributed by atoms with van der Waals surface area (Å²) in [5, 5.41) is 0. The summed E-state index contributed by atoms with van der Waals surface area (Å²) in [6.07, 6.45) is 1.76. The zero-order valence-corrected chi connectivity index (χ0v) is 16.5. The van der Waals surface area contributed by atoms with Crippen LogP contribution in [0.5, 0.6) is 0 Å². The molecule has 20 heavy (non-hydrogen) atoms. The van der Waals surface area contributed by atoms with E-state index in [1.165, 1.54) is 0 Å². The van der Waals surface area contributed by atoms with E-state index >= 15 is 0 Å². The maximum Gasteiger partial charge on any atom is 0.299 e. The quantitative estimate of drug-likeness (QED) is 0.373. The lowest BCUT2D eigenvalue weighted by Gasteiger charge is -2.31. The lowest BCUT2D eigenvalue weighted by molar-refractivity contribution is 0.130. The van der Waals surface area contributed by atoms with Gasteiger partial charge in [-0.15, -0.1) is 0 Å².